The number of rotatable bonds is 4. The molecule has 0 amide bonds. The van der Waals surface area contributed by atoms with Crippen LogP contribution in [-0.2, 0) is 19.5 Å². The lowest BCUT2D eigenvalue weighted by Crippen LogP contribution is -2.04. The van der Waals surface area contributed by atoms with Gasteiger partial charge in [-0.05, 0) is 13.8 Å². The third kappa shape index (κ3) is 1.81. The van der Waals surface area contributed by atoms with Crippen molar-refractivity contribution in [3.63, 3.8) is 0 Å². The zero-order valence-corrected chi connectivity index (χ0v) is 10.6. The van der Waals surface area contributed by atoms with Crippen LogP contribution in [0.1, 0.15) is 26.6 Å². The molecule has 0 saturated heterocycles. The first-order valence-electron chi connectivity index (χ1n) is 6.08. The zero-order valence-electron chi connectivity index (χ0n) is 10.6. The summed E-state index contributed by atoms with van der Waals surface area (Å²) in [4.78, 5) is 8.79. The molecule has 0 bridgehead atoms. The summed E-state index contributed by atoms with van der Waals surface area (Å²) >= 11 is 0. The third-order valence-corrected chi connectivity index (χ3v) is 3.01. The van der Waals surface area contributed by atoms with E-state index in [0.29, 0.717) is 0 Å². The van der Waals surface area contributed by atoms with Gasteiger partial charge in [-0.15, -0.1) is 0 Å². The summed E-state index contributed by atoms with van der Waals surface area (Å²) in [5, 5.41) is 0. The summed E-state index contributed by atoms with van der Waals surface area (Å²) in [5.74, 6) is 1.77. The van der Waals surface area contributed by atoms with Crippen molar-refractivity contribution in [2.24, 2.45) is 0 Å². The van der Waals surface area contributed by atoms with Gasteiger partial charge in [-0.25, -0.2) is 9.97 Å². The quantitative estimate of drug-likeness (QED) is 0.877. The van der Waals surface area contributed by atoms with Gasteiger partial charge in [0, 0.05) is 19.5 Å². The second-order valence-electron chi connectivity index (χ2n) is 3.92. The molecule has 0 spiro atoms. The summed E-state index contributed by atoms with van der Waals surface area (Å²) in [5.41, 5.74) is 8.01. The SMILES string of the molecule is CCc1nc(-c2cncn2CC)c(N)n1CC. The van der Waals surface area contributed by atoms with Gasteiger partial charge < -0.3 is 14.9 Å². The standard InChI is InChI=1S/C12H19N5/c1-4-10-15-11(12(13)17(10)6-3)9-7-14-8-16(9)5-2/h7-8H,4-6,13H2,1-3H3. The molecule has 5 nitrogen and oxygen atoms in total. The van der Waals surface area contributed by atoms with E-state index in [1.807, 2.05) is 12.5 Å². The summed E-state index contributed by atoms with van der Waals surface area (Å²) in [6.45, 7) is 7.98. The number of hydrogen-bond donors (Lipinski definition) is 1. The van der Waals surface area contributed by atoms with Crippen LogP contribution in [0.4, 0.5) is 5.82 Å². The molecule has 2 N–H and O–H groups in total. The highest BCUT2D eigenvalue weighted by molar-refractivity contribution is 5.68. The van der Waals surface area contributed by atoms with Crippen molar-refractivity contribution in [1.29, 1.82) is 0 Å². The zero-order chi connectivity index (χ0) is 12.4. The van der Waals surface area contributed by atoms with E-state index in [1.54, 1.807) is 0 Å². The minimum absolute atomic E-state index is 0.736. The Morgan fingerprint density at radius 2 is 2.00 bits per heavy atom. The van der Waals surface area contributed by atoms with Crippen molar-refractivity contribution in [3.8, 4) is 11.4 Å². The summed E-state index contributed by atoms with van der Waals surface area (Å²) in [6.07, 6.45) is 4.52. The number of imidazole rings is 2. The molecule has 0 fully saturated rings. The molecule has 5 heteroatoms. The molecule has 2 aromatic heterocycles. The van der Waals surface area contributed by atoms with E-state index in [4.69, 9.17) is 5.73 Å². The highest BCUT2D eigenvalue weighted by Gasteiger charge is 2.16. The topological polar surface area (TPSA) is 61.7 Å². The van der Waals surface area contributed by atoms with E-state index in [2.05, 4.69) is 39.9 Å². The van der Waals surface area contributed by atoms with Crippen molar-refractivity contribution in [2.45, 2.75) is 40.3 Å². The average Bonchev–Trinajstić information content (AvgIpc) is 2.92. The number of nitrogens with zero attached hydrogens (tertiary/aromatic N) is 4. The highest BCUT2D eigenvalue weighted by Crippen LogP contribution is 2.26. The van der Waals surface area contributed by atoms with E-state index in [1.165, 1.54) is 0 Å². The number of aryl methyl sites for hydroxylation is 2. The van der Waals surface area contributed by atoms with Gasteiger partial charge in [-0.2, -0.15) is 0 Å². The number of aromatic nitrogens is 4. The minimum Gasteiger partial charge on any atom is -0.383 e. The molecule has 17 heavy (non-hydrogen) atoms. The first-order chi connectivity index (χ1) is 8.22. The fraction of sp³-hybridized carbons (Fsp3) is 0.500. The maximum atomic E-state index is 6.16. The van der Waals surface area contributed by atoms with Crippen molar-refractivity contribution < 1.29 is 0 Å². The van der Waals surface area contributed by atoms with Crippen molar-refractivity contribution in [1.82, 2.24) is 19.1 Å². The molecule has 92 valence electrons. The largest absolute Gasteiger partial charge is 0.383 e. The molecule has 0 unspecified atom stereocenters. The molecule has 0 aliphatic heterocycles. The van der Waals surface area contributed by atoms with Gasteiger partial charge in [0.2, 0.25) is 0 Å². The van der Waals surface area contributed by atoms with Crippen LogP contribution in [0, 0.1) is 0 Å². The second-order valence-corrected chi connectivity index (χ2v) is 3.92. The number of nitrogen functional groups attached to an aromatic ring is 1. The summed E-state index contributed by atoms with van der Waals surface area (Å²) in [7, 11) is 0. The molecule has 0 atom stereocenters. The molecule has 2 heterocycles. The smallest absolute Gasteiger partial charge is 0.133 e. The van der Waals surface area contributed by atoms with Gasteiger partial charge in [0.25, 0.3) is 0 Å². The molecule has 2 aromatic rings. The Kier molecular flexibility index (Phi) is 3.17. The van der Waals surface area contributed by atoms with Crippen LogP contribution < -0.4 is 5.73 Å². The lowest BCUT2D eigenvalue weighted by molar-refractivity contribution is 0.713. The van der Waals surface area contributed by atoms with E-state index >= 15 is 0 Å². The molecule has 0 aliphatic rings. The van der Waals surface area contributed by atoms with Crippen LogP contribution in [0.2, 0.25) is 0 Å². The lowest BCUT2D eigenvalue weighted by Gasteiger charge is -2.05. The minimum atomic E-state index is 0.736. The fourth-order valence-electron chi connectivity index (χ4n) is 2.09. The second kappa shape index (κ2) is 4.61. The van der Waals surface area contributed by atoms with Crippen LogP contribution >= 0.6 is 0 Å². The Balaban J connectivity index is 2.56. The Hall–Kier alpha value is -1.78. The Labute approximate surface area is 101 Å². The molecular formula is C12H19N5. The van der Waals surface area contributed by atoms with E-state index in [0.717, 1.165) is 42.5 Å². The van der Waals surface area contributed by atoms with Crippen LogP contribution in [0.15, 0.2) is 12.5 Å². The molecule has 0 aromatic carbocycles. The molecule has 0 aliphatic carbocycles. The van der Waals surface area contributed by atoms with E-state index in [9.17, 15) is 0 Å². The van der Waals surface area contributed by atoms with Gasteiger partial charge in [0.05, 0.1) is 18.2 Å². The predicted octanol–water partition coefficient (Wildman–Crippen LogP) is 1.93. The van der Waals surface area contributed by atoms with Crippen LogP contribution in [0.5, 0.6) is 0 Å². The number of nitrogens with two attached hydrogens (primary N) is 1. The third-order valence-electron chi connectivity index (χ3n) is 3.01. The molecule has 0 radical (unpaired) electrons. The van der Waals surface area contributed by atoms with Crippen molar-refractivity contribution in [2.75, 3.05) is 5.73 Å². The van der Waals surface area contributed by atoms with Gasteiger partial charge in [-0.3, -0.25) is 0 Å². The van der Waals surface area contributed by atoms with Gasteiger partial charge in [-0.1, -0.05) is 6.92 Å². The van der Waals surface area contributed by atoms with E-state index < -0.39 is 0 Å². The molecular weight excluding hydrogens is 214 g/mol. The first kappa shape index (κ1) is 11.7. The average molecular weight is 233 g/mol. The van der Waals surface area contributed by atoms with Gasteiger partial charge in [0.1, 0.15) is 17.3 Å². The normalized spacial score (nSPS) is 11.0. The predicted molar refractivity (Wildman–Crippen MR) is 68.6 cm³/mol. The Morgan fingerprint density at radius 3 is 2.53 bits per heavy atom. The molecule has 0 saturated carbocycles. The van der Waals surface area contributed by atoms with Gasteiger partial charge in [0.15, 0.2) is 0 Å². The lowest BCUT2D eigenvalue weighted by atomic mass is 10.3. The number of hydrogen-bond acceptors (Lipinski definition) is 3. The highest BCUT2D eigenvalue weighted by atomic mass is 15.2. The summed E-state index contributed by atoms with van der Waals surface area (Å²) in [6, 6.07) is 0. The van der Waals surface area contributed by atoms with Crippen LogP contribution in [-0.4, -0.2) is 19.1 Å². The van der Waals surface area contributed by atoms with Crippen LogP contribution in [0.3, 0.4) is 0 Å². The maximum Gasteiger partial charge on any atom is 0.133 e. The van der Waals surface area contributed by atoms with E-state index in [-0.39, 0.29) is 0 Å². The van der Waals surface area contributed by atoms with Crippen LogP contribution in [0.25, 0.3) is 11.4 Å². The monoisotopic (exact) mass is 233 g/mol. The first-order valence-corrected chi connectivity index (χ1v) is 6.08. The van der Waals surface area contributed by atoms with Crippen molar-refractivity contribution in [3.05, 3.63) is 18.3 Å². The Morgan fingerprint density at radius 1 is 1.24 bits per heavy atom. The van der Waals surface area contributed by atoms with Gasteiger partial charge >= 0.3 is 0 Å². The number of anilines is 1. The Bertz CT molecular complexity index is 509. The fourth-order valence-corrected chi connectivity index (χ4v) is 2.09. The summed E-state index contributed by atoms with van der Waals surface area (Å²) < 4.78 is 4.11. The maximum absolute atomic E-state index is 6.16. The van der Waals surface area contributed by atoms with Crippen molar-refractivity contribution >= 4 is 5.82 Å². The molecule has 2 rings (SSSR count).